The number of benzene rings is 1. The maximum atomic E-state index is 11.9. The van der Waals surface area contributed by atoms with Crippen molar-refractivity contribution in [3.63, 3.8) is 0 Å². The van der Waals surface area contributed by atoms with Gasteiger partial charge in [-0.05, 0) is 19.1 Å². The number of nitrogens with zero attached hydrogens (tertiary/aromatic N) is 1. The molecule has 0 radical (unpaired) electrons. The minimum atomic E-state index is -0.534. The average molecular weight is 287 g/mol. The molecule has 1 atom stereocenters. The first-order chi connectivity index (χ1) is 10.1. The van der Waals surface area contributed by atoms with Crippen molar-refractivity contribution >= 4 is 11.9 Å². The van der Waals surface area contributed by atoms with Crippen molar-refractivity contribution < 1.29 is 14.3 Å². The fraction of sp³-hybridized carbons (Fsp3) is 0.294. The second-order valence-electron chi connectivity index (χ2n) is 4.36. The van der Waals surface area contributed by atoms with Crippen LogP contribution in [0.2, 0.25) is 0 Å². The van der Waals surface area contributed by atoms with Gasteiger partial charge in [0, 0.05) is 23.9 Å². The first-order valence-corrected chi connectivity index (χ1v) is 7.04. The third kappa shape index (κ3) is 4.60. The summed E-state index contributed by atoms with van der Waals surface area (Å²) in [5.74, 6) is 0.435. The normalized spacial score (nSPS) is 16.5. The third-order valence-corrected chi connectivity index (χ3v) is 2.87. The number of hydrogen-bond donors (Lipinski definition) is 0. The molecule has 112 valence electrons. The van der Waals surface area contributed by atoms with Crippen molar-refractivity contribution in [2.75, 3.05) is 0 Å². The molecular weight excluding hydrogens is 266 g/mol. The largest absolute Gasteiger partial charge is 0.423 e. The molecule has 0 spiro atoms. The predicted octanol–water partition coefficient (Wildman–Crippen LogP) is 4.15. The lowest BCUT2D eigenvalue weighted by atomic mass is 9.97. The molecule has 4 heteroatoms. The molecule has 1 amide bonds. The van der Waals surface area contributed by atoms with Gasteiger partial charge in [0.2, 0.25) is 0 Å². The van der Waals surface area contributed by atoms with Crippen LogP contribution in [0.3, 0.4) is 0 Å². The van der Waals surface area contributed by atoms with Crippen LogP contribution >= 0.6 is 0 Å². The molecule has 1 aliphatic rings. The van der Waals surface area contributed by atoms with Crippen molar-refractivity contribution in [1.82, 2.24) is 4.90 Å². The number of carbonyl (C=O) groups is 2. The first-order valence-electron chi connectivity index (χ1n) is 7.04. The zero-order valence-electron chi connectivity index (χ0n) is 12.9. The van der Waals surface area contributed by atoms with E-state index in [0.717, 1.165) is 0 Å². The highest BCUT2D eigenvalue weighted by molar-refractivity contribution is 5.94. The molecule has 21 heavy (non-hydrogen) atoms. The monoisotopic (exact) mass is 287 g/mol. The lowest BCUT2D eigenvalue weighted by Crippen LogP contribution is -2.28. The number of Topliss-reactive ketones (excluding diaryl/α,β-unsaturated/α-hetero) is 1. The van der Waals surface area contributed by atoms with Gasteiger partial charge in [0.25, 0.3) is 0 Å². The van der Waals surface area contributed by atoms with E-state index in [1.807, 2.05) is 26.8 Å². The van der Waals surface area contributed by atoms with Gasteiger partial charge in [0.05, 0.1) is 0 Å². The molecule has 1 heterocycles. The molecule has 1 aromatic carbocycles. The number of para-hydroxylation sites is 1. The van der Waals surface area contributed by atoms with Crippen molar-refractivity contribution in [2.45, 2.75) is 27.7 Å². The van der Waals surface area contributed by atoms with Gasteiger partial charge in [0.15, 0.2) is 5.78 Å². The van der Waals surface area contributed by atoms with E-state index in [2.05, 4.69) is 0 Å². The van der Waals surface area contributed by atoms with E-state index in [-0.39, 0.29) is 11.7 Å². The highest BCUT2D eigenvalue weighted by atomic mass is 16.6. The molecule has 0 bridgehead atoms. The highest BCUT2D eigenvalue weighted by Gasteiger charge is 2.20. The third-order valence-electron chi connectivity index (χ3n) is 2.87. The molecule has 1 aromatic rings. The molecule has 0 saturated heterocycles. The fourth-order valence-electron chi connectivity index (χ4n) is 1.80. The maximum Gasteiger partial charge on any atom is 0.423 e. The number of ether oxygens (including phenoxy) is 1. The van der Waals surface area contributed by atoms with Gasteiger partial charge >= 0.3 is 6.09 Å². The summed E-state index contributed by atoms with van der Waals surface area (Å²) in [4.78, 5) is 24.7. The summed E-state index contributed by atoms with van der Waals surface area (Å²) in [6, 6.07) is 8.81. The second-order valence-corrected chi connectivity index (χ2v) is 4.36. The van der Waals surface area contributed by atoms with Crippen LogP contribution < -0.4 is 4.74 Å². The van der Waals surface area contributed by atoms with Crippen LogP contribution in [0, 0.1) is 5.92 Å². The molecule has 2 rings (SSSR count). The Hall–Kier alpha value is -2.36. The highest BCUT2D eigenvalue weighted by Crippen LogP contribution is 2.21. The summed E-state index contributed by atoms with van der Waals surface area (Å²) < 4.78 is 5.20. The van der Waals surface area contributed by atoms with Crippen molar-refractivity contribution in [1.29, 1.82) is 0 Å². The van der Waals surface area contributed by atoms with Crippen molar-refractivity contribution in [2.24, 2.45) is 5.92 Å². The van der Waals surface area contributed by atoms with Crippen LogP contribution in [0.5, 0.6) is 5.75 Å². The Morgan fingerprint density at radius 1 is 1.14 bits per heavy atom. The molecule has 1 unspecified atom stereocenters. The smallest absolute Gasteiger partial charge is 0.410 e. The summed E-state index contributed by atoms with van der Waals surface area (Å²) in [5.41, 5.74) is 0.590. The molecule has 4 nitrogen and oxygen atoms in total. The molecule has 1 aliphatic heterocycles. The number of hydrogen-bond acceptors (Lipinski definition) is 3. The minimum Gasteiger partial charge on any atom is -0.410 e. The van der Waals surface area contributed by atoms with Crippen LogP contribution in [0.15, 0.2) is 54.4 Å². The van der Waals surface area contributed by atoms with Crippen molar-refractivity contribution in [3.8, 4) is 5.75 Å². The van der Waals surface area contributed by atoms with Crippen LogP contribution in [0.25, 0.3) is 0 Å². The Bertz CT molecular complexity index is 546. The fourth-order valence-corrected chi connectivity index (χ4v) is 1.80. The van der Waals surface area contributed by atoms with Gasteiger partial charge in [-0.3, -0.25) is 9.69 Å². The SMILES string of the molecule is CC.CC(=O)C1=CN(C(=O)Oc2ccccc2)C=CC1C. The van der Waals surface area contributed by atoms with Gasteiger partial charge in [-0.2, -0.15) is 0 Å². The minimum absolute atomic E-state index is 0.0123. The summed E-state index contributed by atoms with van der Waals surface area (Å²) in [5, 5.41) is 0. The maximum absolute atomic E-state index is 11.9. The van der Waals surface area contributed by atoms with Gasteiger partial charge in [-0.25, -0.2) is 4.79 Å². The molecular formula is C17H21NO3. The number of rotatable bonds is 2. The van der Waals surface area contributed by atoms with Crippen LogP contribution in [-0.2, 0) is 4.79 Å². The summed E-state index contributed by atoms with van der Waals surface area (Å²) in [7, 11) is 0. The van der Waals surface area contributed by atoms with Crippen LogP contribution in [-0.4, -0.2) is 16.8 Å². The standard InChI is InChI=1S/C15H15NO3.C2H6/c1-11-8-9-16(10-14(11)12(2)17)15(18)19-13-6-4-3-5-7-13;1-2/h3-11H,1-2H3;1-2H3. The van der Waals surface area contributed by atoms with E-state index in [9.17, 15) is 9.59 Å². The van der Waals surface area contributed by atoms with E-state index in [1.54, 1.807) is 36.5 Å². The summed E-state index contributed by atoms with van der Waals surface area (Å²) in [6.45, 7) is 7.39. The zero-order chi connectivity index (χ0) is 15.8. The number of allylic oxidation sites excluding steroid dienone is 2. The Morgan fingerprint density at radius 2 is 1.76 bits per heavy atom. The van der Waals surface area contributed by atoms with Crippen LogP contribution in [0.4, 0.5) is 4.79 Å². The number of ketones is 1. The van der Waals surface area contributed by atoms with E-state index < -0.39 is 6.09 Å². The van der Waals surface area contributed by atoms with E-state index in [4.69, 9.17) is 4.74 Å². The Balaban J connectivity index is 0.00000106. The Labute approximate surface area is 125 Å². The van der Waals surface area contributed by atoms with Gasteiger partial charge < -0.3 is 4.74 Å². The zero-order valence-corrected chi connectivity index (χ0v) is 12.9. The summed E-state index contributed by atoms with van der Waals surface area (Å²) in [6.07, 6.45) is 4.40. The molecule has 0 aromatic heterocycles. The second kappa shape index (κ2) is 8.04. The quantitative estimate of drug-likeness (QED) is 0.821. The topological polar surface area (TPSA) is 46.6 Å². The summed E-state index contributed by atoms with van der Waals surface area (Å²) >= 11 is 0. The van der Waals surface area contributed by atoms with Gasteiger partial charge in [0.1, 0.15) is 5.75 Å². The first kappa shape index (κ1) is 16.7. The number of carbonyl (C=O) groups excluding carboxylic acids is 2. The van der Waals surface area contributed by atoms with Gasteiger partial charge in [-0.15, -0.1) is 0 Å². The van der Waals surface area contributed by atoms with Crippen LogP contribution in [0.1, 0.15) is 27.7 Å². The molecule has 0 fully saturated rings. The van der Waals surface area contributed by atoms with E-state index >= 15 is 0 Å². The van der Waals surface area contributed by atoms with E-state index in [1.165, 1.54) is 18.0 Å². The molecule has 0 N–H and O–H groups in total. The van der Waals surface area contributed by atoms with Gasteiger partial charge in [-0.1, -0.05) is 45.0 Å². The van der Waals surface area contributed by atoms with Crippen molar-refractivity contribution in [3.05, 3.63) is 54.4 Å². The molecule has 0 saturated carbocycles. The lowest BCUT2D eigenvalue weighted by Gasteiger charge is -2.21. The Kier molecular flexibility index (Phi) is 6.40. The number of amides is 1. The average Bonchev–Trinajstić information content (AvgIpc) is 2.50. The predicted molar refractivity (Wildman–Crippen MR) is 82.7 cm³/mol. The molecule has 0 aliphatic carbocycles. The lowest BCUT2D eigenvalue weighted by molar-refractivity contribution is -0.114. The van der Waals surface area contributed by atoms with E-state index in [0.29, 0.717) is 11.3 Å². The Morgan fingerprint density at radius 3 is 2.33 bits per heavy atom.